The van der Waals surface area contributed by atoms with Gasteiger partial charge in [0.05, 0.1) is 19.1 Å². The van der Waals surface area contributed by atoms with Gasteiger partial charge in [0.25, 0.3) is 5.91 Å². The van der Waals surface area contributed by atoms with Crippen LogP contribution < -0.4 is 16.0 Å². The summed E-state index contributed by atoms with van der Waals surface area (Å²) in [6, 6.07) is 34.1. The lowest BCUT2D eigenvalue weighted by molar-refractivity contribution is -0.120. The zero-order valence-corrected chi connectivity index (χ0v) is 26.4. The van der Waals surface area contributed by atoms with Gasteiger partial charge in [-0.3, -0.25) is 9.59 Å². The van der Waals surface area contributed by atoms with E-state index >= 15 is 0 Å². The summed E-state index contributed by atoms with van der Waals surface area (Å²) in [5, 5.41) is 41.0. The second-order valence-electron chi connectivity index (χ2n) is 11.9. The first-order valence-corrected chi connectivity index (χ1v) is 15.8. The second-order valence-corrected chi connectivity index (χ2v) is 11.9. The van der Waals surface area contributed by atoms with Gasteiger partial charge in [-0.2, -0.15) is 0 Å². The van der Waals surface area contributed by atoms with E-state index in [4.69, 9.17) is 0 Å². The number of aliphatic hydroxyl groups excluding tert-OH is 2. The molecule has 0 aromatic heterocycles. The van der Waals surface area contributed by atoms with Gasteiger partial charge >= 0.3 is 0 Å². The van der Waals surface area contributed by atoms with E-state index in [0.717, 1.165) is 33.0 Å². The number of phenols is 1. The molecule has 2 atom stereocenters. The summed E-state index contributed by atoms with van der Waals surface area (Å²) in [4.78, 5) is 25.6. The average Bonchev–Trinajstić information content (AvgIpc) is 3.09. The smallest absolute Gasteiger partial charge is 0.252 e. The van der Waals surface area contributed by atoms with E-state index < -0.39 is 6.10 Å². The Morgan fingerprint density at radius 2 is 1.43 bits per heavy atom. The number of fused-ring (bicyclic) bond motifs is 1. The second kappa shape index (κ2) is 16.0. The fourth-order valence-corrected chi connectivity index (χ4v) is 5.59. The molecule has 5 aromatic carbocycles. The number of carbonyl (C=O) groups is 2. The Bertz CT molecular complexity index is 1820. The Morgan fingerprint density at radius 1 is 0.745 bits per heavy atom. The van der Waals surface area contributed by atoms with Gasteiger partial charge in [-0.1, -0.05) is 91.0 Å². The third-order valence-corrected chi connectivity index (χ3v) is 8.22. The van der Waals surface area contributed by atoms with Crippen molar-refractivity contribution in [3.8, 4) is 5.75 Å². The Kier molecular flexibility index (Phi) is 11.4. The van der Waals surface area contributed by atoms with Gasteiger partial charge in [0.2, 0.25) is 5.91 Å². The highest BCUT2D eigenvalue weighted by atomic mass is 16.3. The lowest BCUT2D eigenvalue weighted by Gasteiger charge is -2.18. The van der Waals surface area contributed by atoms with Crippen LogP contribution in [0.25, 0.3) is 10.8 Å². The molecule has 0 radical (unpaired) electrons. The summed E-state index contributed by atoms with van der Waals surface area (Å²) < 4.78 is 0. The number of nitrogens with one attached hydrogen (secondary N) is 3. The summed E-state index contributed by atoms with van der Waals surface area (Å²) in [5.74, 6) is -0.182. The van der Waals surface area contributed by atoms with E-state index in [2.05, 4.69) is 16.0 Å². The topological polar surface area (TPSA) is 131 Å². The normalized spacial score (nSPS) is 12.4. The van der Waals surface area contributed by atoms with Gasteiger partial charge in [0.15, 0.2) is 0 Å². The van der Waals surface area contributed by atoms with Crippen molar-refractivity contribution in [3.05, 3.63) is 148 Å². The average molecular weight is 632 g/mol. The molecule has 242 valence electrons. The van der Waals surface area contributed by atoms with Crippen molar-refractivity contribution in [2.45, 2.75) is 51.6 Å². The van der Waals surface area contributed by atoms with Crippen LogP contribution in [0, 0.1) is 0 Å². The largest absolute Gasteiger partial charge is 0.508 e. The molecule has 47 heavy (non-hydrogen) atoms. The van der Waals surface area contributed by atoms with Crippen molar-refractivity contribution >= 4 is 22.6 Å². The minimum atomic E-state index is -0.781. The van der Waals surface area contributed by atoms with Gasteiger partial charge < -0.3 is 31.3 Å². The first-order valence-electron chi connectivity index (χ1n) is 15.8. The molecule has 5 aromatic rings. The summed E-state index contributed by atoms with van der Waals surface area (Å²) in [6.07, 6.45) is 0.200. The molecule has 0 bridgehead atoms. The van der Waals surface area contributed by atoms with Crippen LogP contribution in [-0.2, 0) is 37.3 Å². The van der Waals surface area contributed by atoms with Crippen LogP contribution in [0.3, 0.4) is 0 Å². The number of hydrogen-bond acceptors (Lipinski definition) is 6. The van der Waals surface area contributed by atoms with Crippen molar-refractivity contribution < 1.29 is 24.9 Å². The van der Waals surface area contributed by atoms with Gasteiger partial charge in [-0.15, -0.1) is 0 Å². The summed E-state index contributed by atoms with van der Waals surface area (Å²) >= 11 is 0. The first kappa shape index (κ1) is 33.3. The Hall–Kier alpha value is -5.02. The molecular formula is C39H41N3O5. The van der Waals surface area contributed by atoms with Crippen LogP contribution in [0.15, 0.2) is 109 Å². The molecule has 6 N–H and O–H groups in total. The van der Waals surface area contributed by atoms with Crippen molar-refractivity contribution in [2.24, 2.45) is 0 Å². The number of amides is 2. The van der Waals surface area contributed by atoms with Crippen LogP contribution in [0.4, 0.5) is 0 Å². The molecular weight excluding hydrogens is 590 g/mol. The van der Waals surface area contributed by atoms with Crippen LogP contribution in [0.2, 0.25) is 0 Å². The quantitative estimate of drug-likeness (QED) is 0.101. The maximum atomic E-state index is 12.8. The van der Waals surface area contributed by atoms with Crippen LogP contribution in [0.5, 0.6) is 5.75 Å². The minimum Gasteiger partial charge on any atom is -0.508 e. The Morgan fingerprint density at radius 3 is 2.19 bits per heavy atom. The van der Waals surface area contributed by atoms with Gasteiger partial charge in [0.1, 0.15) is 5.75 Å². The molecule has 1 unspecified atom stereocenters. The van der Waals surface area contributed by atoms with Gasteiger partial charge in [-0.25, -0.2) is 0 Å². The molecule has 0 aliphatic carbocycles. The first-order chi connectivity index (χ1) is 22.8. The molecule has 8 nitrogen and oxygen atoms in total. The van der Waals surface area contributed by atoms with Gasteiger partial charge in [0, 0.05) is 36.8 Å². The number of rotatable bonds is 14. The molecule has 2 amide bonds. The highest BCUT2D eigenvalue weighted by Gasteiger charge is 2.13. The lowest BCUT2D eigenvalue weighted by atomic mass is 10.0. The highest BCUT2D eigenvalue weighted by Crippen LogP contribution is 2.23. The number of aromatic hydroxyl groups is 1. The van der Waals surface area contributed by atoms with Crippen molar-refractivity contribution in [3.63, 3.8) is 0 Å². The number of hydrogen-bond donors (Lipinski definition) is 6. The standard InChI is InChI=1S/C39H41N3O5/c1-26(40-24-37(45)32-16-17-36(44)33(21-32)25-43)18-29-6-4-7-30(19-29)20-38(46)41-22-27-12-14-28(15-13-27)23-42-39(47)35-11-5-9-31-8-2-3-10-34(31)35/h2-17,19,21,26,37,40,43-45H,18,20,22-25H2,1H3,(H,41,46)(H,42,47)/t26?,37-/m0/s1. The van der Waals surface area contributed by atoms with E-state index in [1.54, 1.807) is 12.1 Å². The molecule has 8 heteroatoms. The summed E-state index contributed by atoms with van der Waals surface area (Å²) in [7, 11) is 0. The maximum absolute atomic E-state index is 12.8. The Labute approximate surface area is 275 Å². The van der Waals surface area contributed by atoms with Crippen molar-refractivity contribution in [2.75, 3.05) is 6.54 Å². The van der Waals surface area contributed by atoms with Crippen molar-refractivity contribution in [1.82, 2.24) is 16.0 Å². The predicted octanol–water partition coefficient (Wildman–Crippen LogP) is 5.08. The SMILES string of the molecule is CC(Cc1cccc(CC(=O)NCc2ccc(CNC(=O)c3cccc4ccccc34)cc2)c1)NC[C@H](O)c1ccc(O)c(CO)c1. The van der Waals surface area contributed by atoms with Crippen LogP contribution in [0.1, 0.15) is 56.8 Å². The minimum absolute atomic E-state index is 0.00396. The third kappa shape index (κ3) is 9.26. The summed E-state index contributed by atoms with van der Waals surface area (Å²) in [5.41, 5.74) is 5.60. The monoisotopic (exact) mass is 631 g/mol. The molecule has 0 spiro atoms. The van der Waals surface area contributed by atoms with Crippen LogP contribution >= 0.6 is 0 Å². The molecule has 0 saturated carbocycles. The van der Waals surface area contributed by atoms with E-state index in [1.807, 2.05) is 97.9 Å². The fourth-order valence-electron chi connectivity index (χ4n) is 5.59. The number of aliphatic hydroxyl groups is 2. The number of carbonyl (C=O) groups excluding carboxylic acids is 2. The predicted molar refractivity (Wildman–Crippen MR) is 184 cm³/mol. The molecule has 5 rings (SSSR count). The van der Waals surface area contributed by atoms with Crippen LogP contribution in [-0.4, -0.2) is 39.7 Å². The van der Waals surface area contributed by atoms with E-state index in [1.165, 1.54) is 6.07 Å². The molecule has 0 heterocycles. The highest BCUT2D eigenvalue weighted by molar-refractivity contribution is 6.06. The van der Waals surface area contributed by atoms with E-state index in [-0.39, 0.29) is 36.6 Å². The molecule has 0 aliphatic rings. The molecule has 0 aliphatic heterocycles. The number of benzene rings is 5. The zero-order chi connectivity index (χ0) is 33.2. The maximum Gasteiger partial charge on any atom is 0.252 e. The fraction of sp³-hybridized carbons (Fsp3) is 0.231. The van der Waals surface area contributed by atoms with Crippen molar-refractivity contribution in [1.29, 1.82) is 0 Å². The molecule has 0 saturated heterocycles. The summed E-state index contributed by atoms with van der Waals surface area (Å²) in [6.45, 7) is 2.87. The zero-order valence-electron chi connectivity index (χ0n) is 26.4. The molecule has 0 fully saturated rings. The van der Waals surface area contributed by atoms with Gasteiger partial charge in [-0.05, 0) is 70.1 Å². The Balaban J connectivity index is 1.05. The lowest BCUT2D eigenvalue weighted by Crippen LogP contribution is -2.32. The van der Waals surface area contributed by atoms with E-state index in [9.17, 15) is 24.9 Å². The third-order valence-electron chi connectivity index (χ3n) is 8.22. The van der Waals surface area contributed by atoms with E-state index in [0.29, 0.717) is 42.7 Å².